The first-order valence-corrected chi connectivity index (χ1v) is 8.31. The number of nitrogens with zero attached hydrogens (tertiary/aromatic N) is 1. The van der Waals surface area contributed by atoms with Gasteiger partial charge in [-0.25, -0.2) is 8.42 Å². The molecule has 0 saturated carbocycles. The van der Waals surface area contributed by atoms with Crippen LogP contribution in [0.15, 0.2) is 9.31 Å². The van der Waals surface area contributed by atoms with Gasteiger partial charge in [0.15, 0.2) is 0 Å². The lowest BCUT2D eigenvalue weighted by molar-refractivity contribution is 0.375. The van der Waals surface area contributed by atoms with Crippen molar-refractivity contribution >= 4 is 21.6 Å². The minimum Gasteiger partial charge on any atom is -0.465 e. The number of sulfonamides is 1. The van der Waals surface area contributed by atoms with Crippen LogP contribution in [0, 0.1) is 19.3 Å². The fraction of sp³-hybridized carbons (Fsp3) is 0.692. The lowest BCUT2D eigenvalue weighted by Crippen LogP contribution is -2.31. The third kappa shape index (κ3) is 2.56. The predicted molar refractivity (Wildman–Crippen MR) is 74.9 cm³/mol. The lowest BCUT2D eigenvalue weighted by atomic mass is 9.93. The molecule has 1 aromatic rings. The SMILES string of the molecule is Cc1oc(C)c(S(=O)(=O)N2CCC(C)(C)C2)c1CCl. The van der Waals surface area contributed by atoms with E-state index in [9.17, 15) is 8.42 Å². The van der Waals surface area contributed by atoms with E-state index in [1.165, 1.54) is 0 Å². The maximum Gasteiger partial charge on any atom is 0.246 e. The van der Waals surface area contributed by atoms with Crippen molar-refractivity contribution in [2.45, 2.75) is 44.9 Å². The first-order valence-electron chi connectivity index (χ1n) is 6.34. The molecule has 0 unspecified atom stereocenters. The topological polar surface area (TPSA) is 50.5 Å². The van der Waals surface area contributed by atoms with E-state index in [4.69, 9.17) is 16.0 Å². The second-order valence-electron chi connectivity index (χ2n) is 5.91. The first-order chi connectivity index (χ1) is 8.69. The first kappa shape index (κ1) is 14.9. The van der Waals surface area contributed by atoms with E-state index in [1.54, 1.807) is 18.2 Å². The summed E-state index contributed by atoms with van der Waals surface area (Å²) >= 11 is 5.88. The molecule has 0 spiro atoms. The molecule has 1 aliphatic rings. The summed E-state index contributed by atoms with van der Waals surface area (Å²) < 4.78 is 32.5. The van der Waals surface area contributed by atoms with E-state index < -0.39 is 10.0 Å². The maximum atomic E-state index is 12.7. The fourth-order valence-electron chi connectivity index (χ4n) is 2.60. The fourth-order valence-corrected chi connectivity index (χ4v) is 5.04. The highest BCUT2D eigenvalue weighted by atomic mass is 35.5. The van der Waals surface area contributed by atoms with Crippen LogP contribution < -0.4 is 0 Å². The van der Waals surface area contributed by atoms with Crippen molar-refractivity contribution in [3.63, 3.8) is 0 Å². The Morgan fingerprint density at radius 1 is 1.32 bits per heavy atom. The molecule has 1 fully saturated rings. The Hall–Kier alpha value is -0.520. The Bertz CT molecular complexity index is 589. The van der Waals surface area contributed by atoms with Crippen LogP contribution in [0.4, 0.5) is 0 Å². The Morgan fingerprint density at radius 2 is 1.95 bits per heavy atom. The summed E-state index contributed by atoms with van der Waals surface area (Å²) in [5, 5.41) is 0. The van der Waals surface area contributed by atoms with Crippen molar-refractivity contribution in [3.05, 3.63) is 17.1 Å². The zero-order chi connectivity index (χ0) is 14.4. The van der Waals surface area contributed by atoms with Gasteiger partial charge in [0.1, 0.15) is 16.4 Å². The molecule has 4 nitrogen and oxygen atoms in total. The molecule has 1 aliphatic heterocycles. The molecule has 1 aromatic heterocycles. The van der Waals surface area contributed by atoms with Crippen LogP contribution in [0.3, 0.4) is 0 Å². The standard InChI is InChI=1S/C13H20ClNO3S/c1-9-11(7-14)12(10(2)18-9)19(16,17)15-6-5-13(3,4)8-15/h5-8H2,1-4H3. The molecule has 19 heavy (non-hydrogen) atoms. The third-order valence-corrected chi connectivity index (χ3v) is 6.01. The van der Waals surface area contributed by atoms with Gasteiger partial charge in [-0.1, -0.05) is 13.8 Å². The normalized spacial score (nSPS) is 20.1. The molecule has 0 atom stereocenters. The number of halogens is 1. The van der Waals surface area contributed by atoms with E-state index in [0.717, 1.165) is 6.42 Å². The van der Waals surface area contributed by atoms with E-state index in [1.807, 2.05) is 0 Å². The Labute approximate surface area is 119 Å². The van der Waals surface area contributed by atoms with Gasteiger partial charge in [0.25, 0.3) is 0 Å². The highest BCUT2D eigenvalue weighted by Gasteiger charge is 2.39. The second kappa shape index (κ2) is 4.79. The van der Waals surface area contributed by atoms with Gasteiger partial charge in [0, 0.05) is 18.7 Å². The average Bonchev–Trinajstić information content (AvgIpc) is 2.78. The monoisotopic (exact) mass is 305 g/mol. The Kier molecular flexibility index (Phi) is 3.75. The maximum absolute atomic E-state index is 12.7. The van der Waals surface area contributed by atoms with Gasteiger partial charge >= 0.3 is 0 Å². The van der Waals surface area contributed by atoms with E-state index in [2.05, 4.69) is 13.8 Å². The summed E-state index contributed by atoms with van der Waals surface area (Å²) in [4.78, 5) is 0.262. The molecular formula is C13H20ClNO3S. The predicted octanol–water partition coefficient (Wildman–Crippen LogP) is 3.06. The Balaban J connectivity index is 2.47. The molecule has 0 aromatic carbocycles. The summed E-state index contributed by atoms with van der Waals surface area (Å²) in [6.07, 6.45) is 0.873. The van der Waals surface area contributed by atoms with Crippen molar-refractivity contribution in [2.75, 3.05) is 13.1 Å². The number of aryl methyl sites for hydroxylation is 2. The van der Waals surface area contributed by atoms with Crippen molar-refractivity contribution in [1.82, 2.24) is 4.31 Å². The van der Waals surface area contributed by atoms with Crippen LogP contribution in [0.25, 0.3) is 0 Å². The van der Waals surface area contributed by atoms with Crippen LogP contribution in [-0.4, -0.2) is 25.8 Å². The summed E-state index contributed by atoms with van der Waals surface area (Å²) in [5.41, 5.74) is 0.616. The van der Waals surface area contributed by atoms with Gasteiger partial charge in [-0.3, -0.25) is 0 Å². The van der Waals surface area contributed by atoms with Crippen LogP contribution in [0.2, 0.25) is 0 Å². The quantitative estimate of drug-likeness (QED) is 0.806. The van der Waals surface area contributed by atoms with Crippen LogP contribution >= 0.6 is 11.6 Å². The minimum atomic E-state index is -3.51. The lowest BCUT2D eigenvalue weighted by Gasteiger charge is -2.20. The molecule has 0 radical (unpaired) electrons. The number of hydrogen-bond acceptors (Lipinski definition) is 3. The summed E-state index contributed by atoms with van der Waals surface area (Å²) in [6.45, 7) is 8.69. The second-order valence-corrected chi connectivity index (χ2v) is 8.05. The van der Waals surface area contributed by atoms with Gasteiger partial charge in [0.2, 0.25) is 10.0 Å². The van der Waals surface area contributed by atoms with Gasteiger partial charge in [-0.05, 0) is 25.7 Å². The van der Waals surface area contributed by atoms with Gasteiger partial charge < -0.3 is 4.42 Å². The van der Waals surface area contributed by atoms with Crippen molar-refractivity contribution < 1.29 is 12.8 Å². The molecule has 6 heteroatoms. The van der Waals surface area contributed by atoms with Crippen LogP contribution in [0.5, 0.6) is 0 Å². The molecule has 0 aliphatic carbocycles. The van der Waals surface area contributed by atoms with Crippen molar-refractivity contribution in [2.24, 2.45) is 5.41 Å². The highest BCUT2D eigenvalue weighted by Crippen LogP contribution is 2.36. The molecule has 0 amide bonds. The molecular weight excluding hydrogens is 286 g/mol. The number of alkyl halides is 1. The molecule has 0 N–H and O–H groups in total. The van der Waals surface area contributed by atoms with E-state index in [0.29, 0.717) is 30.2 Å². The molecule has 0 bridgehead atoms. The summed E-state index contributed by atoms with van der Waals surface area (Å²) in [5.74, 6) is 1.16. The molecule has 108 valence electrons. The van der Waals surface area contributed by atoms with Gasteiger partial charge in [-0.15, -0.1) is 11.6 Å². The zero-order valence-corrected chi connectivity index (χ0v) is 13.4. The van der Waals surface area contributed by atoms with Crippen LogP contribution in [-0.2, 0) is 15.9 Å². The van der Waals surface area contributed by atoms with Crippen molar-refractivity contribution in [1.29, 1.82) is 0 Å². The highest BCUT2D eigenvalue weighted by molar-refractivity contribution is 7.89. The largest absolute Gasteiger partial charge is 0.465 e. The van der Waals surface area contributed by atoms with Gasteiger partial charge in [0.05, 0.1) is 5.88 Å². The number of furan rings is 1. The molecule has 2 rings (SSSR count). The Morgan fingerprint density at radius 3 is 2.42 bits per heavy atom. The average molecular weight is 306 g/mol. The number of rotatable bonds is 3. The van der Waals surface area contributed by atoms with Crippen LogP contribution in [0.1, 0.15) is 37.4 Å². The van der Waals surface area contributed by atoms with Crippen molar-refractivity contribution in [3.8, 4) is 0 Å². The van der Waals surface area contributed by atoms with E-state index >= 15 is 0 Å². The summed E-state index contributed by atoms with van der Waals surface area (Å²) in [6, 6.07) is 0. The molecule has 2 heterocycles. The van der Waals surface area contributed by atoms with Gasteiger partial charge in [-0.2, -0.15) is 4.31 Å². The number of hydrogen-bond donors (Lipinski definition) is 0. The minimum absolute atomic E-state index is 0.0287. The third-order valence-electron chi connectivity index (χ3n) is 3.70. The molecule has 1 saturated heterocycles. The summed E-state index contributed by atoms with van der Waals surface area (Å²) in [7, 11) is -3.51. The smallest absolute Gasteiger partial charge is 0.246 e. The zero-order valence-electron chi connectivity index (χ0n) is 11.8. The van der Waals surface area contributed by atoms with E-state index in [-0.39, 0.29) is 16.2 Å².